The Morgan fingerprint density at radius 3 is 2.11 bits per heavy atom. The monoisotopic (exact) mass is 318 g/mol. The van der Waals surface area contributed by atoms with Crippen molar-refractivity contribution >= 4 is 10.1 Å². The summed E-state index contributed by atoms with van der Waals surface area (Å²) in [6.45, 7) is 0.684. The third-order valence-electron chi connectivity index (χ3n) is 1.84. The molecule has 0 unspecified atom stereocenters. The van der Waals surface area contributed by atoms with E-state index in [9.17, 15) is 8.42 Å². The molecule has 1 rings (SSSR count). The van der Waals surface area contributed by atoms with Gasteiger partial charge in [0.25, 0.3) is 10.1 Å². The molecule has 0 atom stereocenters. The zero-order chi connectivity index (χ0) is 14.9. The van der Waals surface area contributed by atoms with Gasteiger partial charge in [0.1, 0.15) is 6.54 Å². The Bertz CT molecular complexity index is 439. The molecule has 0 bridgehead atoms. The molecule has 1 heterocycles. The van der Waals surface area contributed by atoms with Crippen LogP contribution in [0.2, 0.25) is 0 Å². The van der Waals surface area contributed by atoms with Gasteiger partial charge in [-0.2, -0.15) is 8.42 Å². The van der Waals surface area contributed by atoms with Gasteiger partial charge in [0.05, 0.1) is 12.9 Å². The van der Waals surface area contributed by atoms with Gasteiger partial charge in [0.15, 0.2) is 12.4 Å². The van der Waals surface area contributed by atoms with E-state index in [0.717, 1.165) is 0 Å². The van der Waals surface area contributed by atoms with Crippen LogP contribution in [-0.2, 0) is 20.8 Å². The van der Waals surface area contributed by atoms with E-state index in [-0.39, 0.29) is 5.75 Å². The maximum absolute atomic E-state index is 11.0. The molecule has 0 aliphatic heterocycles. The first kappa shape index (κ1) is 18.2. The number of hydrogen-bond acceptors (Lipinski definition) is 7. The molecule has 0 spiro atoms. The molecule has 19 heavy (non-hydrogen) atoms. The molecule has 1 aromatic heterocycles. The van der Waals surface area contributed by atoms with Crippen LogP contribution in [0.1, 0.15) is 6.42 Å². The molecule has 10 heteroatoms. The molecule has 0 amide bonds. The molecular formula is C9H17ClNO7S+. The molecule has 8 nitrogen and oxygen atoms in total. The summed E-state index contributed by atoms with van der Waals surface area (Å²) in [7, 11) is -6.31. The van der Waals surface area contributed by atoms with Crippen LogP contribution >= 0.6 is 0 Å². The summed E-state index contributed by atoms with van der Waals surface area (Å²) in [4.78, 5) is 0. The predicted molar refractivity (Wildman–Crippen MR) is 58.7 cm³/mol. The van der Waals surface area contributed by atoms with E-state index in [1.807, 2.05) is 35.2 Å². The van der Waals surface area contributed by atoms with Gasteiger partial charge in [-0.15, -0.1) is 0 Å². The summed E-state index contributed by atoms with van der Waals surface area (Å²) >= 11 is 0. The molecule has 0 saturated carbocycles. The Labute approximate surface area is 113 Å². The van der Waals surface area contributed by atoms with Crippen molar-refractivity contribution in [2.45, 2.75) is 13.0 Å². The van der Waals surface area contributed by atoms with E-state index in [1.54, 1.807) is 0 Å². The van der Waals surface area contributed by atoms with Crippen LogP contribution < -0.4 is 9.23 Å². The summed E-state index contributed by atoms with van der Waals surface area (Å²) in [5, 5.41) is 0. The Morgan fingerprint density at radius 2 is 1.68 bits per heavy atom. The van der Waals surface area contributed by atoms with E-state index < -0.39 is 20.4 Å². The first-order valence-corrected chi connectivity index (χ1v) is 7.92. The Balaban J connectivity index is 0.000000555. The average Bonchev–Trinajstić information content (AvgIpc) is 2.28. The van der Waals surface area contributed by atoms with Gasteiger partial charge in [0, 0.05) is 18.6 Å². The predicted octanol–water partition coefficient (Wildman–Crippen LogP) is -2.52. The maximum atomic E-state index is 11.0. The Kier molecular flexibility index (Phi) is 8.02. The summed E-state index contributed by atoms with van der Waals surface area (Å²) in [6, 6.07) is 5.73. The summed E-state index contributed by atoms with van der Waals surface area (Å²) < 4.78 is 58.4. The van der Waals surface area contributed by atoms with Gasteiger partial charge in [-0.25, -0.2) is 4.57 Å². The molecule has 0 saturated heterocycles. The van der Waals surface area contributed by atoms with Crippen LogP contribution in [0.5, 0.6) is 0 Å². The Hall–Kier alpha value is -0.810. The summed E-state index contributed by atoms with van der Waals surface area (Å²) in [5.74, 6) is 0.0609. The molecule has 0 aromatic carbocycles. The standard InChI is InChI=1S/C9H14NO3S.ClH3O4/c1-13-14(11,12)9-5-8-10-6-3-2-4-7-10;2-1(3,4)5/h2-4,6-7H,5,8-9H2,1H3;2-4H/q+1;. The van der Waals surface area contributed by atoms with Crippen molar-refractivity contribution in [3.8, 4) is 0 Å². The van der Waals surface area contributed by atoms with Gasteiger partial charge in [-0.3, -0.25) is 4.18 Å². The fourth-order valence-corrected chi connectivity index (χ4v) is 1.74. The first-order valence-electron chi connectivity index (χ1n) is 5.02. The van der Waals surface area contributed by atoms with Crippen LogP contribution in [-0.4, -0.2) is 35.3 Å². The van der Waals surface area contributed by atoms with Crippen LogP contribution in [0.25, 0.3) is 0 Å². The number of nitrogens with zero attached hydrogens (tertiary/aromatic N) is 1. The molecule has 0 aliphatic carbocycles. The quantitative estimate of drug-likeness (QED) is 0.403. The normalized spacial score (nSPS) is 12.5. The van der Waals surface area contributed by atoms with Crippen LogP contribution in [0, 0.1) is 10.2 Å². The fourth-order valence-electron chi connectivity index (χ4n) is 1.09. The first-order chi connectivity index (χ1) is 8.64. The summed E-state index contributed by atoms with van der Waals surface area (Å²) in [5.41, 5.74) is 0. The van der Waals surface area contributed by atoms with E-state index >= 15 is 0 Å². The van der Waals surface area contributed by atoms with Gasteiger partial charge < -0.3 is 0 Å². The zero-order valence-corrected chi connectivity index (χ0v) is 11.8. The minimum absolute atomic E-state index is 0.0609. The third-order valence-corrected chi connectivity index (χ3v) is 3.14. The van der Waals surface area contributed by atoms with Crippen molar-refractivity contribution < 1.29 is 46.0 Å². The molecule has 3 N–H and O–H groups in total. The van der Waals surface area contributed by atoms with E-state index in [2.05, 4.69) is 4.18 Å². The number of aryl methyl sites for hydroxylation is 1. The molecular weight excluding hydrogens is 302 g/mol. The van der Waals surface area contributed by atoms with E-state index in [0.29, 0.717) is 13.0 Å². The van der Waals surface area contributed by atoms with Gasteiger partial charge in [-0.05, 0) is 0 Å². The molecule has 0 fully saturated rings. The SMILES string of the molecule is COS(=O)(=O)CCC[n+]1ccccc1.[O-][Cl+](O)(O)O. The molecule has 0 aliphatic rings. The van der Waals surface area contributed by atoms with Crippen molar-refractivity contribution in [1.29, 1.82) is 0 Å². The second-order valence-electron chi connectivity index (χ2n) is 3.33. The van der Waals surface area contributed by atoms with Gasteiger partial charge in [-0.1, -0.05) is 6.07 Å². The van der Waals surface area contributed by atoms with Crippen molar-refractivity contribution in [3.05, 3.63) is 30.6 Å². The van der Waals surface area contributed by atoms with Crippen molar-refractivity contribution in [3.63, 3.8) is 0 Å². The number of halogens is 1. The van der Waals surface area contributed by atoms with Crippen LogP contribution in [0.4, 0.5) is 0 Å². The fraction of sp³-hybridized carbons (Fsp3) is 0.444. The second-order valence-corrected chi connectivity index (χ2v) is 6.05. The Morgan fingerprint density at radius 1 is 1.21 bits per heavy atom. The number of pyridine rings is 1. The van der Waals surface area contributed by atoms with Crippen molar-refractivity contribution in [1.82, 2.24) is 0 Å². The van der Waals surface area contributed by atoms with E-state index in [1.165, 1.54) is 7.11 Å². The zero-order valence-electron chi connectivity index (χ0n) is 10.2. The molecule has 1 aromatic rings. The number of hydrogen-bond donors (Lipinski definition) is 3. The average molecular weight is 319 g/mol. The molecule has 112 valence electrons. The van der Waals surface area contributed by atoms with Crippen molar-refractivity contribution in [2.24, 2.45) is 0 Å². The topological polar surface area (TPSA) is 131 Å². The number of aromatic nitrogens is 1. The number of rotatable bonds is 5. The minimum atomic E-state index is -4.19. The van der Waals surface area contributed by atoms with Crippen molar-refractivity contribution in [2.75, 3.05) is 12.9 Å². The molecule has 0 radical (unpaired) electrons. The van der Waals surface area contributed by atoms with Gasteiger partial charge >= 0.3 is 28.9 Å². The van der Waals surface area contributed by atoms with E-state index in [4.69, 9.17) is 18.6 Å². The van der Waals surface area contributed by atoms with Crippen LogP contribution in [0.15, 0.2) is 30.6 Å². The summed E-state index contributed by atoms with van der Waals surface area (Å²) in [6.07, 6.45) is 4.36. The van der Waals surface area contributed by atoms with Gasteiger partial charge in [0.2, 0.25) is 0 Å². The third kappa shape index (κ3) is 13.4. The van der Waals surface area contributed by atoms with Crippen LogP contribution in [0.3, 0.4) is 0 Å². The second kappa shape index (κ2) is 8.38.